The van der Waals surface area contributed by atoms with Crippen molar-refractivity contribution >= 4 is 27.5 Å². The van der Waals surface area contributed by atoms with Crippen molar-refractivity contribution in [1.82, 2.24) is 4.98 Å². The van der Waals surface area contributed by atoms with Crippen LogP contribution in [-0.2, 0) is 6.42 Å². The molecule has 6 heteroatoms. The molecule has 0 aliphatic heterocycles. The van der Waals surface area contributed by atoms with Gasteiger partial charge in [-0.25, -0.2) is 9.37 Å². The predicted octanol–water partition coefficient (Wildman–Crippen LogP) is 5.29. The normalized spacial score (nSPS) is 10.6. The molecular formula is C22H17BrFNO3. The topological polar surface area (TPSA) is 56.3 Å². The first-order valence-corrected chi connectivity index (χ1v) is 9.31. The van der Waals surface area contributed by atoms with E-state index in [1.54, 1.807) is 42.5 Å². The van der Waals surface area contributed by atoms with Gasteiger partial charge in [0.2, 0.25) is 5.88 Å². The summed E-state index contributed by atoms with van der Waals surface area (Å²) in [6.45, 7) is 1.48. The fourth-order valence-corrected chi connectivity index (χ4v) is 3.32. The number of ketones is 2. The standard InChI is InChI=1S/C22H17BrFNO3/c1-13(26)18-8-7-17(23)9-16(18)10-21(27)15-5-3-14(4-6-15)19-11-22(28-2)25-12-20(19)24/h3-9,11-12H,10H2,1-2H3. The van der Waals surface area contributed by atoms with Gasteiger partial charge in [-0.15, -0.1) is 0 Å². The number of nitrogens with zero attached hydrogens (tertiary/aromatic N) is 1. The summed E-state index contributed by atoms with van der Waals surface area (Å²) >= 11 is 3.37. The second kappa shape index (κ2) is 8.44. The van der Waals surface area contributed by atoms with Crippen molar-refractivity contribution in [3.8, 4) is 17.0 Å². The molecule has 1 heterocycles. The summed E-state index contributed by atoms with van der Waals surface area (Å²) < 4.78 is 19.9. The lowest BCUT2D eigenvalue weighted by molar-refractivity contribution is 0.0992. The highest BCUT2D eigenvalue weighted by Crippen LogP contribution is 2.26. The molecule has 3 aromatic rings. The maximum Gasteiger partial charge on any atom is 0.213 e. The quantitative estimate of drug-likeness (QED) is 0.487. The molecule has 2 aromatic carbocycles. The van der Waals surface area contributed by atoms with Gasteiger partial charge in [0.25, 0.3) is 0 Å². The van der Waals surface area contributed by atoms with Gasteiger partial charge in [0.15, 0.2) is 11.6 Å². The minimum absolute atomic E-state index is 0.0900. The number of Topliss-reactive ketones (excluding diaryl/α,β-unsaturated/α-hetero) is 2. The SMILES string of the molecule is COc1cc(-c2ccc(C(=O)Cc3cc(Br)ccc3C(C)=O)cc2)c(F)cn1. The average molecular weight is 442 g/mol. The van der Waals surface area contributed by atoms with E-state index in [0.29, 0.717) is 33.7 Å². The van der Waals surface area contributed by atoms with Crippen molar-refractivity contribution < 1.29 is 18.7 Å². The number of rotatable bonds is 6. The second-order valence-corrected chi connectivity index (χ2v) is 7.16. The van der Waals surface area contributed by atoms with E-state index >= 15 is 0 Å². The van der Waals surface area contributed by atoms with E-state index < -0.39 is 5.82 Å². The van der Waals surface area contributed by atoms with E-state index in [1.165, 1.54) is 20.1 Å². The van der Waals surface area contributed by atoms with Crippen molar-refractivity contribution in [3.05, 3.63) is 81.7 Å². The maximum atomic E-state index is 14.1. The van der Waals surface area contributed by atoms with Gasteiger partial charge in [-0.3, -0.25) is 9.59 Å². The molecule has 4 nitrogen and oxygen atoms in total. The number of ether oxygens (including phenoxy) is 1. The summed E-state index contributed by atoms with van der Waals surface area (Å²) in [6, 6.07) is 13.4. The van der Waals surface area contributed by atoms with Gasteiger partial charge in [0, 0.05) is 33.7 Å². The summed E-state index contributed by atoms with van der Waals surface area (Å²) in [5.74, 6) is -0.379. The van der Waals surface area contributed by atoms with Gasteiger partial charge < -0.3 is 4.74 Å². The predicted molar refractivity (Wildman–Crippen MR) is 108 cm³/mol. The van der Waals surface area contributed by atoms with Crippen molar-refractivity contribution in [2.75, 3.05) is 7.11 Å². The molecule has 0 fully saturated rings. The number of hydrogen-bond acceptors (Lipinski definition) is 4. The Balaban J connectivity index is 1.86. The summed E-state index contributed by atoms with van der Waals surface area (Å²) in [4.78, 5) is 28.3. The molecule has 0 atom stereocenters. The lowest BCUT2D eigenvalue weighted by atomic mass is 9.96. The molecule has 0 bridgehead atoms. The van der Waals surface area contributed by atoms with Gasteiger partial charge >= 0.3 is 0 Å². The van der Waals surface area contributed by atoms with E-state index in [4.69, 9.17) is 4.74 Å². The molecule has 0 N–H and O–H groups in total. The number of methoxy groups -OCH3 is 1. The number of halogens is 2. The van der Waals surface area contributed by atoms with Crippen LogP contribution < -0.4 is 4.74 Å². The van der Waals surface area contributed by atoms with Crippen molar-refractivity contribution in [1.29, 1.82) is 0 Å². The molecule has 0 spiro atoms. The minimum atomic E-state index is -0.472. The van der Waals surface area contributed by atoms with E-state index in [9.17, 15) is 14.0 Å². The van der Waals surface area contributed by atoms with Gasteiger partial charge in [-0.05, 0) is 30.2 Å². The number of aromatic nitrogens is 1. The van der Waals surface area contributed by atoms with Crippen LogP contribution in [-0.4, -0.2) is 23.7 Å². The molecule has 28 heavy (non-hydrogen) atoms. The Morgan fingerprint density at radius 2 is 1.82 bits per heavy atom. The monoisotopic (exact) mass is 441 g/mol. The molecule has 0 aliphatic carbocycles. The largest absolute Gasteiger partial charge is 0.481 e. The third-order valence-corrected chi connectivity index (χ3v) is 4.85. The van der Waals surface area contributed by atoms with Crippen LogP contribution in [0, 0.1) is 5.82 Å². The first-order chi connectivity index (χ1) is 13.4. The zero-order valence-electron chi connectivity index (χ0n) is 15.3. The number of carbonyl (C=O) groups excluding carboxylic acids is 2. The maximum absolute atomic E-state index is 14.1. The van der Waals surface area contributed by atoms with E-state index in [2.05, 4.69) is 20.9 Å². The molecule has 0 amide bonds. The first kappa shape index (κ1) is 19.9. The van der Waals surface area contributed by atoms with Gasteiger partial charge in [0.1, 0.15) is 5.82 Å². The Morgan fingerprint density at radius 1 is 1.11 bits per heavy atom. The number of carbonyl (C=O) groups is 2. The molecule has 1 aromatic heterocycles. The zero-order chi connectivity index (χ0) is 20.3. The highest BCUT2D eigenvalue weighted by molar-refractivity contribution is 9.10. The number of pyridine rings is 1. The molecule has 0 unspecified atom stereocenters. The Labute approximate surface area is 170 Å². The van der Waals surface area contributed by atoms with Crippen LogP contribution in [0.2, 0.25) is 0 Å². The molecule has 0 radical (unpaired) electrons. The van der Waals surface area contributed by atoms with Crippen LogP contribution in [0.1, 0.15) is 33.2 Å². The number of benzene rings is 2. The van der Waals surface area contributed by atoms with Crippen molar-refractivity contribution in [3.63, 3.8) is 0 Å². The van der Waals surface area contributed by atoms with Crippen LogP contribution in [0.5, 0.6) is 5.88 Å². The smallest absolute Gasteiger partial charge is 0.213 e. The van der Waals surface area contributed by atoms with Crippen LogP contribution in [0.25, 0.3) is 11.1 Å². The highest BCUT2D eigenvalue weighted by atomic mass is 79.9. The molecule has 0 saturated carbocycles. The summed E-state index contributed by atoms with van der Waals surface area (Å²) in [5, 5.41) is 0. The molecule has 3 rings (SSSR count). The van der Waals surface area contributed by atoms with Crippen molar-refractivity contribution in [2.45, 2.75) is 13.3 Å². The number of hydrogen-bond donors (Lipinski definition) is 0. The van der Waals surface area contributed by atoms with Gasteiger partial charge in [-0.1, -0.05) is 46.3 Å². The van der Waals surface area contributed by atoms with Crippen LogP contribution in [0.4, 0.5) is 4.39 Å². The molecule has 0 saturated heterocycles. The van der Waals surface area contributed by atoms with E-state index in [0.717, 1.165) is 10.7 Å². The van der Waals surface area contributed by atoms with Crippen LogP contribution in [0.15, 0.2) is 59.2 Å². The van der Waals surface area contributed by atoms with Gasteiger partial charge in [-0.2, -0.15) is 0 Å². The second-order valence-electron chi connectivity index (χ2n) is 6.24. The van der Waals surface area contributed by atoms with E-state index in [-0.39, 0.29) is 18.0 Å². The van der Waals surface area contributed by atoms with Gasteiger partial charge in [0.05, 0.1) is 13.3 Å². The molecule has 0 aliphatic rings. The van der Waals surface area contributed by atoms with Crippen LogP contribution in [0.3, 0.4) is 0 Å². The lowest BCUT2D eigenvalue weighted by Gasteiger charge is -2.09. The third kappa shape index (κ3) is 4.34. The third-order valence-electron chi connectivity index (χ3n) is 4.35. The van der Waals surface area contributed by atoms with E-state index in [1.807, 2.05) is 0 Å². The molecular weight excluding hydrogens is 425 g/mol. The highest BCUT2D eigenvalue weighted by Gasteiger charge is 2.14. The summed E-state index contributed by atoms with van der Waals surface area (Å²) in [7, 11) is 1.46. The summed E-state index contributed by atoms with van der Waals surface area (Å²) in [6.07, 6.45) is 1.20. The average Bonchev–Trinajstić information content (AvgIpc) is 2.68. The van der Waals surface area contributed by atoms with Crippen LogP contribution >= 0.6 is 15.9 Å². The fraction of sp³-hybridized carbons (Fsp3) is 0.136. The zero-order valence-corrected chi connectivity index (χ0v) is 16.9. The first-order valence-electron chi connectivity index (χ1n) is 8.51. The summed E-state index contributed by atoms with van der Waals surface area (Å²) in [5.41, 5.74) is 2.64. The van der Waals surface area contributed by atoms with Crippen molar-refractivity contribution in [2.24, 2.45) is 0 Å². The fourth-order valence-electron chi connectivity index (χ4n) is 2.92. The Kier molecular flexibility index (Phi) is 5.99. The Hall–Kier alpha value is -2.86. The minimum Gasteiger partial charge on any atom is -0.481 e. The Morgan fingerprint density at radius 3 is 2.46 bits per heavy atom. The molecule has 142 valence electrons. The Bertz CT molecular complexity index is 1050. The lowest BCUT2D eigenvalue weighted by Crippen LogP contribution is -2.08.